The van der Waals surface area contributed by atoms with Crippen molar-refractivity contribution in [3.8, 4) is 5.75 Å². The third-order valence-corrected chi connectivity index (χ3v) is 5.85. The lowest BCUT2D eigenvalue weighted by molar-refractivity contribution is -0.139. The van der Waals surface area contributed by atoms with Crippen molar-refractivity contribution in [1.29, 1.82) is 0 Å². The van der Waals surface area contributed by atoms with Crippen molar-refractivity contribution in [2.45, 2.75) is 19.0 Å². The first-order valence-corrected chi connectivity index (χ1v) is 11.2. The van der Waals surface area contributed by atoms with Crippen LogP contribution in [0.5, 0.6) is 5.75 Å². The van der Waals surface area contributed by atoms with Gasteiger partial charge in [0.2, 0.25) is 0 Å². The smallest absolute Gasteiger partial charge is 0.295 e. The van der Waals surface area contributed by atoms with Gasteiger partial charge in [-0.25, -0.2) is 4.98 Å². The molecule has 0 spiro atoms. The van der Waals surface area contributed by atoms with Crippen molar-refractivity contribution in [3.05, 3.63) is 102 Å². The van der Waals surface area contributed by atoms with Gasteiger partial charge in [-0.3, -0.25) is 9.59 Å². The van der Waals surface area contributed by atoms with Crippen LogP contribution < -0.4 is 4.74 Å². The maximum atomic E-state index is 13.1. The number of nitrogens with zero attached hydrogens (tertiary/aromatic N) is 3. The molecule has 0 aliphatic carbocycles. The van der Waals surface area contributed by atoms with E-state index in [2.05, 4.69) is 11.6 Å². The van der Waals surface area contributed by atoms with Crippen LogP contribution in [-0.4, -0.2) is 44.4 Å². The van der Waals surface area contributed by atoms with E-state index in [4.69, 9.17) is 16.3 Å². The molecule has 1 aromatic heterocycles. The maximum absolute atomic E-state index is 13.1. The molecule has 1 amide bonds. The summed E-state index contributed by atoms with van der Waals surface area (Å²) in [4.78, 5) is 31.7. The van der Waals surface area contributed by atoms with Gasteiger partial charge in [0.15, 0.2) is 0 Å². The van der Waals surface area contributed by atoms with Gasteiger partial charge in [-0.15, -0.1) is 0 Å². The van der Waals surface area contributed by atoms with Gasteiger partial charge in [0.05, 0.1) is 17.9 Å². The average molecular weight is 478 g/mol. The number of hydrogen-bond donors (Lipinski definition) is 1. The van der Waals surface area contributed by atoms with Crippen LogP contribution in [0.3, 0.4) is 0 Å². The number of likely N-dealkylation sites (tertiary alicyclic amines) is 1. The van der Waals surface area contributed by atoms with E-state index in [0.717, 1.165) is 0 Å². The van der Waals surface area contributed by atoms with Crippen LogP contribution in [0.25, 0.3) is 5.76 Å². The molecule has 0 radical (unpaired) electrons. The Labute approximate surface area is 202 Å². The SMILES string of the molecule is C=CCOc1ccc(/C(O)=C2\C(=O)C(=O)N(CCCn3ccnc3)[C@@H]2c2ccc(Cl)cc2)cc1. The molecule has 2 heterocycles. The highest BCUT2D eigenvalue weighted by Gasteiger charge is 2.45. The molecule has 1 saturated heterocycles. The van der Waals surface area contributed by atoms with Crippen LogP contribution in [0.2, 0.25) is 5.02 Å². The molecule has 1 atom stereocenters. The van der Waals surface area contributed by atoms with Crippen LogP contribution in [0.15, 0.2) is 85.5 Å². The Kier molecular flexibility index (Phi) is 7.13. The van der Waals surface area contributed by atoms with Crippen molar-refractivity contribution in [3.63, 3.8) is 0 Å². The Morgan fingerprint density at radius 1 is 1.12 bits per heavy atom. The van der Waals surface area contributed by atoms with Gasteiger partial charge in [-0.2, -0.15) is 0 Å². The van der Waals surface area contributed by atoms with E-state index < -0.39 is 17.7 Å². The Bertz CT molecular complexity index is 1200. The quantitative estimate of drug-likeness (QED) is 0.210. The van der Waals surface area contributed by atoms with E-state index in [1.54, 1.807) is 67.1 Å². The molecule has 3 aromatic rings. The Balaban J connectivity index is 1.68. The van der Waals surface area contributed by atoms with Crippen molar-refractivity contribution in [1.82, 2.24) is 14.5 Å². The number of aromatic nitrogens is 2. The molecule has 1 N–H and O–H groups in total. The largest absolute Gasteiger partial charge is 0.507 e. The fourth-order valence-corrected chi connectivity index (χ4v) is 4.09. The van der Waals surface area contributed by atoms with E-state index in [-0.39, 0.29) is 11.3 Å². The second kappa shape index (κ2) is 10.4. The number of benzene rings is 2. The predicted molar refractivity (Wildman–Crippen MR) is 129 cm³/mol. The van der Waals surface area contributed by atoms with Gasteiger partial charge in [-0.05, 0) is 48.4 Å². The molecule has 7 nitrogen and oxygen atoms in total. The summed E-state index contributed by atoms with van der Waals surface area (Å²) in [5.41, 5.74) is 1.16. The molecule has 34 heavy (non-hydrogen) atoms. The van der Waals surface area contributed by atoms with E-state index in [1.807, 2.05) is 10.8 Å². The summed E-state index contributed by atoms with van der Waals surface area (Å²) >= 11 is 6.06. The third-order valence-electron chi connectivity index (χ3n) is 5.60. The summed E-state index contributed by atoms with van der Waals surface area (Å²) < 4.78 is 7.39. The van der Waals surface area contributed by atoms with Gasteiger partial charge < -0.3 is 19.3 Å². The van der Waals surface area contributed by atoms with Crippen LogP contribution in [-0.2, 0) is 16.1 Å². The fourth-order valence-electron chi connectivity index (χ4n) is 3.96. The molecule has 0 saturated carbocycles. The van der Waals surface area contributed by atoms with Gasteiger partial charge in [0.1, 0.15) is 18.1 Å². The van der Waals surface area contributed by atoms with Gasteiger partial charge in [0.25, 0.3) is 11.7 Å². The van der Waals surface area contributed by atoms with Crippen LogP contribution in [0.4, 0.5) is 0 Å². The maximum Gasteiger partial charge on any atom is 0.295 e. The lowest BCUT2D eigenvalue weighted by atomic mass is 9.95. The van der Waals surface area contributed by atoms with Crippen molar-refractivity contribution in [2.75, 3.05) is 13.2 Å². The number of hydrogen-bond acceptors (Lipinski definition) is 5. The molecular weight excluding hydrogens is 454 g/mol. The zero-order valence-electron chi connectivity index (χ0n) is 18.4. The lowest BCUT2D eigenvalue weighted by Gasteiger charge is -2.25. The first-order valence-electron chi connectivity index (χ1n) is 10.8. The fraction of sp³-hybridized carbons (Fsp3) is 0.192. The van der Waals surface area contributed by atoms with Crippen LogP contribution in [0, 0.1) is 0 Å². The number of aliphatic hydroxyl groups excluding tert-OH is 1. The van der Waals surface area contributed by atoms with E-state index >= 15 is 0 Å². The number of Topliss-reactive ketones (excluding diaryl/α,β-unsaturated/α-hetero) is 1. The number of imidazole rings is 1. The molecule has 1 fully saturated rings. The minimum atomic E-state index is -0.725. The van der Waals surface area contributed by atoms with Gasteiger partial charge in [-0.1, -0.05) is 36.4 Å². The monoisotopic (exact) mass is 477 g/mol. The number of carbonyl (C=O) groups is 2. The molecule has 1 aliphatic rings. The molecular formula is C26H24ClN3O4. The molecule has 0 bridgehead atoms. The number of aryl methyl sites for hydroxylation is 1. The highest BCUT2D eigenvalue weighted by Crippen LogP contribution is 2.40. The van der Waals surface area contributed by atoms with Crippen molar-refractivity contribution >= 4 is 29.1 Å². The van der Waals surface area contributed by atoms with Crippen molar-refractivity contribution < 1.29 is 19.4 Å². The minimum Gasteiger partial charge on any atom is -0.507 e. The first kappa shape index (κ1) is 23.3. The number of carbonyl (C=O) groups excluding carboxylic acids is 2. The zero-order valence-corrected chi connectivity index (χ0v) is 19.2. The predicted octanol–water partition coefficient (Wildman–Crippen LogP) is 4.61. The summed E-state index contributed by atoms with van der Waals surface area (Å²) in [5.74, 6) is -0.985. The van der Waals surface area contributed by atoms with Crippen molar-refractivity contribution in [2.24, 2.45) is 0 Å². The summed E-state index contributed by atoms with van der Waals surface area (Å²) in [5, 5.41) is 11.7. The Morgan fingerprint density at radius 2 is 1.85 bits per heavy atom. The highest BCUT2D eigenvalue weighted by molar-refractivity contribution is 6.46. The Hall–Kier alpha value is -3.84. The van der Waals surface area contributed by atoms with Gasteiger partial charge >= 0.3 is 0 Å². The summed E-state index contributed by atoms with van der Waals surface area (Å²) in [6, 6.07) is 12.9. The summed E-state index contributed by atoms with van der Waals surface area (Å²) in [6.45, 7) is 4.94. The lowest BCUT2D eigenvalue weighted by Crippen LogP contribution is -2.31. The molecule has 1 aliphatic heterocycles. The molecule has 174 valence electrons. The highest BCUT2D eigenvalue weighted by atomic mass is 35.5. The molecule has 2 aromatic carbocycles. The minimum absolute atomic E-state index is 0.0507. The van der Waals surface area contributed by atoms with Gasteiger partial charge in [0, 0.05) is 36.1 Å². The summed E-state index contributed by atoms with van der Waals surface area (Å²) in [6.07, 6.45) is 7.48. The number of ketones is 1. The van der Waals surface area contributed by atoms with E-state index in [1.165, 1.54) is 4.90 Å². The number of rotatable bonds is 9. The number of ether oxygens (including phenoxy) is 1. The molecule has 0 unspecified atom stereocenters. The zero-order chi connectivity index (χ0) is 24.1. The number of aliphatic hydroxyl groups is 1. The third kappa shape index (κ3) is 4.89. The number of halogens is 1. The Morgan fingerprint density at radius 3 is 2.50 bits per heavy atom. The van der Waals surface area contributed by atoms with Crippen LogP contribution in [0.1, 0.15) is 23.6 Å². The van der Waals surface area contributed by atoms with Crippen LogP contribution >= 0.6 is 11.6 Å². The topological polar surface area (TPSA) is 84.7 Å². The molecule has 4 rings (SSSR count). The second-order valence-corrected chi connectivity index (χ2v) is 8.26. The van der Waals surface area contributed by atoms with E-state index in [0.29, 0.717) is 48.0 Å². The summed E-state index contributed by atoms with van der Waals surface area (Å²) in [7, 11) is 0. The second-order valence-electron chi connectivity index (χ2n) is 7.82. The first-order chi connectivity index (χ1) is 16.5. The average Bonchev–Trinajstić information content (AvgIpc) is 3.45. The standard InChI is InChI=1S/C26H24ClN3O4/c1-2-16-34-21-10-6-19(7-11-21)24(31)22-23(18-4-8-20(27)9-5-18)30(26(33)25(22)32)14-3-13-29-15-12-28-17-29/h2,4-12,15,17,23,31H,1,3,13-14,16H2/b24-22+/t23-/m1/s1. The number of amides is 1. The molecule has 8 heteroatoms. The normalized spacial score (nSPS) is 17.2. The van der Waals surface area contributed by atoms with E-state index in [9.17, 15) is 14.7 Å².